The average molecular weight is 370 g/mol. The molecule has 1 aliphatic rings. The fourth-order valence-electron chi connectivity index (χ4n) is 3.17. The van der Waals surface area contributed by atoms with E-state index in [2.05, 4.69) is 51.0 Å². The molecule has 0 saturated heterocycles. The Morgan fingerprint density at radius 3 is 2.74 bits per heavy atom. The molecular formula is C18H16BrN3O. The number of nitrogens with two attached hydrogens (primary N) is 1. The molecule has 2 N–H and O–H groups in total. The molecule has 5 heteroatoms. The van der Waals surface area contributed by atoms with Crippen LogP contribution >= 0.6 is 15.9 Å². The number of anilines is 1. The maximum absolute atomic E-state index is 5.95. The van der Waals surface area contributed by atoms with Crippen LogP contribution < -0.4 is 5.73 Å². The topological polar surface area (TPSA) is 64.9 Å². The van der Waals surface area contributed by atoms with Crippen molar-refractivity contribution >= 4 is 21.9 Å². The van der Waals surface area contributed by atoms with Gasteiger partial charge in [0.1, 0.15) is 5.69 Å². The number of furan rings is 1. The lowest BCUT2D eigenvalue weighted by atomic mass is 10.0. The normalized spacial score (nSPS) is 12.3. The zero-order valence-corrected chi connectivity index (χ0v) is 14.4. The van der Waals surface area contributed by atoms with Crippen molar-refractivity contribution in [2.75, 3.05) is 5.73 Å². The minimum Gasteiger partial charge on any atom is -0.448 e. The molecule has 0 atom stereocenters. The number of rotatable bonds is 3. The summed E-state index contributed by atoms with van der Waals surface area (Å²) in [7, 11) is 0. The highest BCUT2D eigenvalue weighted by Crippen LogP contribution is 2.41. The first-order valence-corrected chi connectivity index (χ1v) is 8.49. The van der Waals surface area contributed by atoms with Gasteiger partial charge >= 0.3 is 0 Å². The molecule has 3 aromatic rings. The van der Waals surface area contributed by atoms with Crippen LogP contribution in [0.3, 0.4) is 0 Å². The molecule has 2 heterocycles. The molecule has 0 saturated carbocycles. The second-order valence-electron chi connectivity index (χ2n) is 5.78. The van der Waals surface area contributed by atoms with E-state index in [-0.39, 0.29) is 5.95 Å². The monoisotopic (exact) mass is 369 g/mol. The third-order valence-corrected chi connectivity index (χ3v) is 4.59. The number of aryl methyl sites for hydroxylation is 1. The molecule has 0 fully saturated rings. The van der Waals surface area contributed by atoms with Crippen LogP contribution in [0.1, 0.15) is 30.0 Å². The summed E-state index contributed by atoms with van der Waals surface area (Å²) >= 11 is 3.34. The predicted molar refractivity (Wildman–Crippen MR) is 94.1 cm³/mol. The van der Waals surface area contributed by atoms with Gasteiger partial charge in [-0.1, -0.05) is 25.5 Å². The van der Waals surface area contributed by atoms with Gasteiger partial charge in [-0.3, -0.25) is 0 Å². The Hall–Kier alpha value is -2.14. The zero-order valence-electron chi connectivity index (χ0n) is 12.8. The summed E-state index contributed by atoms with van der Waals surface area (Å²) in [6.45, 7) is 2.19. The number of nitrogens with zero attached hydrogens (tertiary/aromatic N) is 2. The van der Waals surface area contributed by atoms with Gasteiger partial charge in [-0.25, -0.2) is 9.97 Å². The average Bonchev–Trinajstić information content (AvgIpc) is 3.11. The van der Waals surface area contributed by atoms with Gasteiger partial charge in [0.15, 0.2) is 10.4 Å². The number of aromatic nitrogens is 2. The van der Waals surface area contributed by atoms with Crippen molar-refractivity contribution in [3.8, 4) is 22.7 Å². The molecule has 0 radical (unpaired) electrons. The fraction of sp³-hybridized carbons (Fsp3) is 0.222. The second-order valence-corrected chi connectivity index (χ2v) is 6.56. The third-order valence-electron chi connectivity index (χ3n) is 4.17. The lowest BCUT2D eigenvalue weighted by Gasteiger charge is -2.06. The Morgan fingerprint density at radius 1 is 1.17 bits per heavy atom. The summed E-state index contributed by atoms with van der Waals surface area (Å²) in [6, 6.07) is 10.4. The Morgan fingerprint density at radius 2 is 2.00 bits per heavy atom. The van der Waals surface area contributed by atoms with E-state index in [1.807, 2.05) is 12.1 Å². The van der Waals surface area contributed by atoms with E-state index in [1.165, 1.54) is 16.7 Å². The lowest BCUT2D eigenvalue weighted by Crippen LogP contribution is -2.01. The molecule has 4 rings (SSSR count). The number of nitrogen functional groups attached to an aromatic ring is 1. The molecule has 0 bridgehead atoms. The van der Waals surface area contributed by atoms with Crippen LogP contribution in [0.15, 0.2) is 39.4 Å². The standard InChI is InChI=1S/C18H16BrN3O/c1-2-3-10-4-5-11-9-13-16(12(11)8-10)21-18(20)22-17(13)14-6-7-15(19)23-14/h4-8H,2-3,9H2,1H3,(H2,20,21,22). The van der Waals surface area contributed by atoms with Gasteiger partial charge in [0.05, 0.1) is 5.69 Å². The third kappa shape index (κ3) is 2.45. The van der Waals surface area contributed by atoms with E-state index in [0.29, 0.717) is 10.4 Å². The molecule has 0 spiro atoms. The van der Waals surface area contributed by atoms with Gasteiger partial charge in [0, 0.05) is 17.5 Å². The summed E-state index contributed by atoms with van der Waals surface area (Å²) in [5, 5.41) is 0. The van der Waals surface area contributed by atoms with Crippen LogP contribution in [0, 0.1) is 0 Å². The fourth-order valence-corrected chi connectivity index (χ4v) is 3.48. The van der Waals surface area contributed by atoms with Crippen molar-refractivity contribution in [1.29, 1.82) is 0 Å². The molecule has 4 nitrogen and oxygen atoms in total. The quantitative estimate of drug-likeness (QED) is 0.572. The molecule has 2 aromatic heterocycles. The first-order valence-electron chi connectivity index (χ1n) is 7.70. The number of benzene rings is 1. The van der Waals surface area contributed by atoms with Crippen LogP contribution in [0.5, 0.6) is 0 Å². The Balaban J connectivity index is 1.89. The van der Waals surface area contributed by atoms with Crippen molar-refractivity contribution in [1.82, 2.24) is 9.97 Å². The van der Waals surface area contributed by atoms with Gasteiger partial charge in [-0.2, -0.15) is 0 Å². The second kappa shape index (κ2) is 5.49. The van der Waals surface area contributed by atoms with Crippen molar-refractivity contribution < 1.29 is 4.42 Å². The van der Waals surface area contributed by atoms with Crippen LogP contribution in [0.4, 0.5) is 5.95 Å². The molecule has 116 valence electrons. The molecule has 1 aromatic carbocycles. The number of halogens is 1. The van der Waals surface area contributed by atoms with E-state index < -0.39 is 0 Å². The van der Waals surface area contributed by atoms with Gasteiger partial charge in [0.2, 0.25) is 5.95 Å². The largest absolute Gasteiger partial charge is 0.448 e. The van der Waals surface area contributed by atoms with Crippen molar-refractivity contribution in [3.05, 3.63) is 51.7 Å². The summed E-state index contributed by atoms with van der Waals surface area (Å²) < 4.78 is 6.36. The first-order chi connectivity index (χ1) is 11.2. The number of fused-ring (bicyclic) bond motifs is 3. The molecular weight excluding hydrogens is 354 g/mol. The van der Waals surface area contributed by atoms with Crippen molar-refractivity contribution in [2.24, 2.45) is 0 Å². The van der Waals surface area contributed by atoms with Crippen molar-refractivity contribution in [2.45, 2.75) is 26.2 Å². The Kier molecular flexibility index (Phi) is 3.45. The molecule has 1 aliphatic carbocycles. The minimum absolute atomic E-state index is 0.278. The molecule has 23 heavy (non-hydrogen) atoms. The number of hydrogen-bond acceptors (Lipinski definition) is 4. The highest BCUT2D eigenvalue weighted by molar-refractivity contribution is 9.10. The summed E-state index contributed by atoms with van der Waals surface area (Å²) in [6.07, 6.45) is 3.01. The highest BCUT2D eigenvalue weighted by atomic mass is 79.9. The molecule has 0 amide bonds. The Labute approximate surface area is 142 Å². The Bertz CT molecular complexity index is 901. The first kappa shape index (κ1) is 14.5. The van der Waals surface area contributed by atoms with Gasteiger partial charge in [-0.05, 0) is 51.7 Å². The SMILES string of the molecule is CCCc1ccc2c(c1)-c1nc(N)nc(-c3ccc(Br)o3)c1C2. The van der Waals surface area contributed by atoms with E-state index in [4.69, 9.17) is 10.2 Å². The maximum atomic E-state index is 5.95. The maximum Gasteiger partial charge on any atom is 0.221 e. The van der Waals surface area contributed by atoms with Crippen molar-refractivity contribution in [3.63, 3.8) is 0 Å². The highest BCUT2D eigenvalue weighted by Gasteiger charge is 2.26. The smallest absolute Gasteiger partial charge is 0.221 e. The molecule has 0 unspecified atom stereocenters. The van der Waals surface area contributed by atoms with Gasteiger partial charge in [0.25, 0.3) is 0 Å². The van der Waals surface area contributed by atoms with Crippen LogP contribution in [0.2, 0.25) is 0 Å². The van der Waals surface area contributed by atoms with Gasteiger partial charge in [-0.15, -0.1) is 0 Å². The summed E-state index contributed by atoms with van der Waals surface area (Å²) in [5.74, 6) is 0.990. The van der Waals surface area contributed by atoms with Gasteiger partial charge < -0.3 is 10.2 Å². The lowest BCUT2D eigenvalue weighted by molar-refractivity contribution is 0.553. The summed E-state index contributed by atoms with van der Waals surface area (Å²) in [4.78, 5) is 8.92. The van der Waals surface area contributed by atoms with Crippen LogP contribution in [-0.2, 0) is 12.8 Å². The molecule has 0 aliphatic heterocycles. The van der Waals surface area contributed by atoms with E-state index >= 15 is 0 Å². The van der Waals surface area contributed by atoms with E-state index in [1.54, 1.807) is 0 Å². The van der Waals surface area contributed by atoms with Crippen LogP contribution in [-0.4, -0.2) is 9.97 Å². The summed E-state index contributed by atoms with van der Waals surface area (Å²) in [5.41, 5.74) is 12.5. The minimum atomic E-state index is 0.278. The predicted octanol–water partition coefficient (Wildman–Crippen LogP) is 4.61. The number of hydrogen-bond donors (Lipinski definition) is 1. The van der Waals surface area contributed by atoms with Crippen LogP contribution in [0.25, 0.3) is 22.7 Å². The van der Waals surface area contributed by atoms with E-state index in [0.717, 1.165) is 36.2 Å². The zero-order chi connectivity index (χ0) is 16.0. The van der Waals surface area contributed by atoms with E-state index in [9.17, 15) is 0 Å².